The van der Waals surface area contributed by atoms with Gasteiger partial charge in [-0.25, -0.2) is 0 Å². The number of rotatable bonds is 2. The first-order chi connectivity index (χ1) is 7.27. The molecule has 1 aromatic rings. The molecule has 0 atom stereocenters. The predicted molar refractivity (Wildman–Crippen MR) is 69.8 cm³/mol. The molecular weight excluding hydrogens is 222 g/mol. The number of anilines is 1. The van der Waals surface area contributed by atoms with Gasteiger partial charge < -0.3 is 4.90 Å². The Balaban J connectivity index is 0.00000128. The second-order valence-electron chi connectivity index (χ2n) is 4.15. The van der Waals surface area contributed by atoms with Crippen LogP contribution in [0.2, 0.25) is 0 Å². The van der Waals surface area contributed by atoms with E-state index in [9.17, 15) is 4.79 Å². The molecule has 1 aromatic carbocycles. The van der Waals surface area contributed by atoms with Gasteiger partial charge in [0.2, 0.25) is 0 Å². The van der Waals surface area contributed by atoms with Gasteiger partial charge in [0, 0.05) is 24.3 Å². The molecule has 16 heavy (non-hydrogen) atoms. The summed E-state index contributed by atoms with van der Waals surface area (Å²) in [5.74, 6) is 0.139. The van der Waals surface area contributed by atoms with Gasteiger partial charge in [-0.15, -0.1) is 12.4 Å². The first-order valence-corrected chi connectivity index (χ1v) is 5.63. The highest BCUT2D eigenvalue weighted by atomic mass is 35.5. The minimum Gasteiger partial charge on any atom is -0.372 e. The zero-order valence-corrected chi connectivity index (χ0v) is 10.4. The Bertz CT molecular complexity index is 341. The van der Waals surface area contributed by atoms with Gasteiger partial charge in [-0.1, -0.05) is 0 Å². The van der Waals surface area contributed by atoms with Gasteiger partial charge in [0.05, 0.1) is 0 Å². The number of nitrogens with zero attached hydrogens (tertiary/aromatic N) is 1. The van der Waals surface area contributed by atoms with Crippen LogP contribution in [0.4, 0.5) is 5.69 Å². The summed E-state index contributed by atoms with van der Waals surface area (Å²) in [5.41, 5.74) is 2.05. The highest BCUT2D eigenvalue weighted by Crippen LogP contribution is 2.20. The third-order valence-electron chi connectivity index (χ3n) is 3.00. The molecule has 3 heteroatoms. The van der Waals surface area contributed by atoms with Crippen molar-refractivity contribution in [2.24, 2.45) is 0 Å². The minimum absolute atomic E-state index is 0. The second-order valence-corrected chi connectivity index (χ2v) is 4.15. The Hall–Kier alpha value is -1.02. The number of benzene rings is 1. The summed E-state index contributed by atoms with van der Waals surface area (Å²) < 4.78 is 0. The lowest BCUT2D eigenvalue weighted by molar-refractivity contribution is 0.101. The van der Waals surface area contributed by atoms with E-state index in [-0.39, 0.29) is 18.2 Å². The molecule has 2 rings (SSSR count). The summed E-state index contributed by atoms with van der Waals surface area (Å²) in [5, 5.41) is 0. The molecule has 1 fully saturated rings. The van der Waals surface area contributed by atoms with Gasteiger partial charge in [0.25, 0.3) is 0 Å². The summed E-state index contributed by atoms with van der Waals surface area (Å²) >= 11 is 0. The van der Waals surface area contributed by atoms with Crippen LogP contribution in [-0.2, 0) is 0 Å². The van der Waals surface area contributed by atoms with Crippen molar-refractivity contribution in [1.29, 1.82) is 0 Å². The fourth-order valence-corrected chi connectivity index (χ4v) is 2.06. The fraction of sp³-hybridized carbons (Fsp3) is 0.462. The SMILES string of the molecule is CC(=O)c1ccc(N2CCCCC2)cc1.Cl. The molecule has 2 nitrogen and oxygen atoms in total. The summed E-state index contributed by atoms with van der Waals surface area (Å²) in [4.78, 5) is 13.5. The zero-order chi connectivity index (χ0) is 10.7. The number of ketones is 1. The van der Waals surface area contributed by atoms with Crippen LogP contribution in [-0.4, -0.2) is 18.9 Å². The molecule has 1 heterocycles. The highest BCUT2D eigenvalue weighted by molar-refractivity contribution is 5.94. The molecule has 0 radical (unpaired) electrons. The molecule has 0 bridgehead atoms. The number of piperidine rings is 1. The minimum atomic E-state index is 0. The maximum atomic E-state index is 11.1. The molecule has 1 aliphatic rings. The van der Waals surface area contributed by atoms with Crippen molar-refractivity contribution in [1.82, 2.24) is 0 Å². The Morgan fingerprint density at radius 2 is 1.62 bits per heavy atom. The first kappa shape index (κ1) is 13.0. The maximum absolute atomic E-state index is 11.1. The number of hydrogen-bond acceptors (Lipinski definition) is 2. The summed E-state index contributed by atoms with van der Waals surface area (Å²) in [6.07, 6.45) is 3.92. The smallest absolute Gasteiger partial charge is 0.159 e. The topological polar surface area (TPSA) is 20.3 Å². The van der Waals surface area contributed by atoms with E-state index in [2.05, 4.69) is 17.0 Å². The van der Waals surface area contributed by atoms with Crippen LogP contribution in [0.3, 0.4) is 0 Å². The standard InChI is InChI=1S/C13H17NO.ClH/c1-11(15)12-5-7-13(8-6-12)14-9-3-2-4-10-14;/h5-8H,2-4,9-10H2,1H3;1H. The van der Waals surface area contributed by atoms with Gasteiger partial charge in [-0.2, -0.15) is 0 Å². The van der Waals surface area contributed by atoms with Crippen LogP contribution in [0.5, 0.6) is 0 Å². The predicted octanol–water partition coefficient (Wildman–Crippen LogP) is 3.30. The second kappa shape index (κ2) is 5.90. The van der Waals surface area contributed by atoms with Gasteiger partial charge in [-0.3, -0.25) is 4.79 Å². The van der Waals surface area contributed by atoms with Crippen molar-refractivity contribution < 1.29 is 4.79 Å². The molecule has 0 N–H and O–H groups in total. The molecule has 0 spiro atoms. The van der Waals surface area contributed by atoms with E-state index in [0.717, 1.165) is 18.7 Å². The average Bonchev–Trinajstić information content (AvgIpc) is 2.30. The molecule has 1 saturated heterocycles. The van der Waals surface area contributed by atoms with E-state index in [1.54, 1.807) is 6.92 Å². The molecule has 0 unspecified atom stereocenters. The third-order valence-corrected chi connectivity index (χ3v) is 3.00. The van der Waals surface area contributed by atoms with Crippen LogP contribution in [0.1, 0.15) is 36.5 Å². The number of carbonyl (C=O) groups excluding carboxylic acids is 1. The Labute approximate surface area is 103 Å². The van der Waals surface area contributed by atoms with Crippen molar-refractivity contribution >= 4 is 23.9 Å². The lowest BCUT2D eigenvalue weighted by atomic mass is 10.1. The van der Waals surface area contributed by atoms with Crippen molar-refractivity contribution in [2.45, 2.75) is 26.2 Å². The van der Waals surface area contributed by atoms with Gasteiger partial charge in [0.1, 0.15) is 0 Å². The van der Waals surface area contributed by atoms with Crippen LogP contribution in [0, 0.1) is 0 Å². The quantitative estimate of drug-likeness (QED) is 0.738. The van der Waals surface area contributed by atoms with Gasteiger partial charge in [0.15, 0.2) is 5.78 Å². The fourth-order valence-electron chi connectivity index (χ4n) is 2.06. The first-order valence-electron chi connectivity index (χ1n) is 5.63. The van der Waals surface area contributed by atoms with E-state index in [1.165, 1.54) is 24.9 Å². The number of carbonyl (C=O) groups is 1. The van der Waals surface area contributed by atoms with E-state index in [0.29, 0.717) is 0 Å². The van der Waals surface area contributed by atoms with Gasteiger partial charge >= 0.3 is 0 Å². The average molecular weight is 240 g/mol. The Kier molecular flexibility index (Phi) is 4.81. The number of Topliss-reactive ketones (excluding diaryl/α,β-unsaturated/α-hetero) is 1. The van der Waals surface area contributed by atoms with Gasteiger partial charge in [-0.05, 0) is 50.5 Å². The molecule has 0 aliphatic carbocycles. The molecule has 0 aromatic heterocycles. The lowest BCUT2D eigenvalue weighted by Crippen LogP contribution is -2.29. The lowest BCUT2D eigenvalue weighted by Gasteiger charge is -2.28. The third kappa shape index (κ3) is 2.99. The molecule has 1 aliphatic heterocycles. The number of hydrogen-bond donors (Lipinski definition) is 0. The molecule has 0 saturated carbocycles. The maximum Gasteiger partial charge on any atom is 0.159 e. The molecular formula is C13H18ClNO. The largest absolute Gasteiger partial charge is 0.372 e. The monoisotopic (exact) mass is 239 g/mol. The van der Waals surface area contributed by atoms with Crippen molar-refractivity contribution in [3.8, 4) is 0 Å². The van der Waals surface area contributed by atoms with E-state index >= 15 is 0 Å². The summed E-state index contributed by atoms with van der Waals surface area (Å²) in [6, 6.07) is 7.96. The molecule has 0 amide bonds. The zero-order valence-electron chi connectivity index (χ0n) is 9.61. The molecule has 88 valence electrons. The summed E-state index contributed by atoms with van der Waals surface area (Å²) in [6.45, 7) is 3.91. The van der Waals surface area contributed by atoms with E-state index in [1.807, 2.05) is 12.1 Å². The number of halogens is 1. The van der Waals surface area contributed by atoms with Crippen LogP contribution < -0.4 is 4.90 Å². The van der Waals surface area contributed by atoms with Crippen LogP contribution in [0.15, 0.2) is 24.3 Å². The van der Waals surface area contributed by atoms with Crippen LogP contribution in [0.25, 0.3) is 0 Å². The Morgan fingerprint density at radius 1 is 1.06 bits per heavy atom. The highest BCUT2D eigenvalue weighted by Gasteiger charge is 2.10. The van der Waals surface area contributed by atoms with Crippen molar-refractivity contribution in [2.75, 3.05) is 18.0 Å². The van der Waals surface area contributed by atoms with Crippen molar-refractivity contribution in [3.63, 3.8) is 0 Å². The van der Waals surface area contributed by atoms with Crippen LogP contribution >= 0.6 is 12.4 Å². The van der Waals surface area contributed by atoms with Crippen molar-refractivity contribution in [3.05, 3.63) is 29.8 Å². The Morgan fingerprint density at radius 3 is 2.12 bits per heavy atom. The van der Waals surface area contributed by atoms with E-state index < -0.39 is 0 Å². The van der Waals surface area contributed by atoms with E-state index in [4.69, 9.17) is 0 Å². The summed E-state index contributed by atoms with van der Waals surface area (Å²) in [7, 11) is 0. The normalized spacial score (nSPS) is 15.4.